The van der Waals surface area contributed by atoms with Crippen LogP contribution in [0.1, 0.15) is 11.1 Å². The Balaban J connectivity index is 1.52. The van der Waals surface area contributed by atoms with Gasteiger partial charge in [-0.2, -0.15) is 0 Å². The van der Waals surface area contributed by atoms with E-state index < -0.39 is 0 Å². The molecular formula is C19H17NO2. The van der Waals surface area contributed by atoms with Gasteiger partial charge in [0.1, 0.15) is 5.58 Å². The summed E-state index contributed by atoms with van der Waals surface area (Å²) in [6.07, 6.45) is 5.88. The fraction of sp³-hybridized carbons (Fsp3) is 0.105. The standard InChI is InChI=1S/C19H17NO2/c21-19(11-10-15-6-2-1-3-7-15)20-13-12-16-14-22-18-9-5-4-8-17(16)18/h1-11,14H,12-13H2,(H,20,21)/b11-10+. The Morgan fingerprint density at radius 3 is 2.68 bits per heavy atom. The monoisotopic (exact) mass is 291 g/mol. The van der Waals surface area contributed by atoms with Crippen LogP contribution >= 0.6 is 0 Å². The van der Waals surface area contributed by atoms with Gasteiger partial charge < -0.3 is 9.73 Å². The van der Waals surface area contributed by atoms with Crippen molar-refractivity contribution in [2.75, 3.05) is 6.54 Å². The highest BCUT2D eigenvalue weighted by atomic mass is 16.3. The summed E-state index contributed by atoms with van der Waals surface area (Å²) < 4.78 is 5.49. The number of benzene rings is 2. The Bertz CT molecular complexity index is 787. The molecule has 3 rings (SSSR count). The largest absolute Gasteiger partial charge is 0.464 e. The topological polar surface area (TPSA) is 42.2 Å². The number of para-hydroxylation sites is 1. The Morgan fingerprint density at radius 2 is 1.82 bits per heavy atom. The number of carbonyl (C=O) groups is 1. The molecule has 0 aliphatic heterocycles. The zero-order chi connectivity index (χ0) is 15.2. The third kappa shape index (κ3) is 3.44. The van der Waals surface area contributed by atoms with Gasteiger partial charge in [-0.1, -0.05) is 48.5 Å². The highest BCUT2D eigenvalue weighted by Gasteiger charge is 2.04. The lowest BCUT2D eigenvalue weighted by Gasteiger charge is -2.01. The van der Waals surface area contributed by atoms with Crippen LogP contribution < -0.4 is 5.32 Å². The third-order valence-electron chi connectivity index (χ3n) is 3.48. The van der Waals surface area contributed by atoms with Crippen LogP contribution in [0.2, 0.25) is 0 Å². The Labute approximate surface area is 129 Å². The van der Waals surface area contributed by atoms with Gasteiger partial charge in [0.25, 0.3) is 0 Å². The number of hydrogen-bond acceptors (Lipinski definition) is 2. The molecule has 0 saturated carbocycles. The number of furan rings is 1. The predicted molar refractivity (Wildman–Crippen MR) is 88.4 cm³/mol. The van der Waals surface area contributed by atoms with Gasteiger partial charge in [-0.15, -0.1) is 0 Å². The van der Waals surface area contributed by atoms with Crippen LogP contribution in [0.3, 0.4) is 0 Å². The summed E-state index contributed by atoms with van der Waals surface area (Å²) in [5.41, 5.74) is 3.01. The van der Waals surface area contributed by atoms with E-state index in [0.29, 0.717) is 6.54 Å². The van der Waals surface area contributed by atoms with Crippen molar-refractivity contribution in [3.05, 3.63) is 78.1 Å². The molecule has 1 N–H and O–H groups in total. The lowest BCUT2D eigenvalue weighted by atomic mass is 10.1. The van der Waals surface area contributed by atoms with Crippen molar-refractivity contribution in [1.82, 2.24) is 5.32 Å². The lowest BCUT2D eigenvalue weighted by Crippen LogP contribution is -2.23. The normalized spacial score (nSPS) is 11.1. The molecule has 3 heteroatoms. The number of hydrogen-bond donors (Lipinski definition) is 1. The predicted octanol–water partition coefficient (Wildman–Crippen LogP) is 3.80. The number of amides is 1. The van der Waals surface area contributed by atoms with Crippen LogP contribution in [0.4, 0.5) is 0 Å². The number of nitrogens with one attached hydrogen (secondary N) is 1. The van der Waals surface area contributed by atoms with E-state index in [0.717, 1.165) is 28.5 Å². The molecule has 0 radical (unpaired) electrons. The Hall–Kier alpha value is -2.81. The molecule has 22 heavy (non-hydrogen) atoms. The van der Waals surface area contributed by atoms with Gasteiger partial charge in [0.15, 0.2) is 0 Å². The zero-order valence-electron chi connectivity index (χ0n) is 12.2. The van der Waals surface area contributed by atoms with E-state index in [2.05, 4.69) is 5.32 Å². The van der Waals surface area contributed by atoms with Crippen molar-refractivity contribution >= 4 is 23.0 Å². The van der Waals surface area contributed by atoms with E-state index in [9.17, 15) is 4.79 Å². The minimum absolute atomic E-state index is 0.0864. The van der Waals surface area contributed by atoms with Crippen LogP contribution in [0.15, 0.2) is 71.4 Å². The average Bonchev–Trinajstić information content (AvgIpc) is 2.97. The molecular weight excluding hydrogens is 274 g/mol. The van der Waals surface area contributed by atoms with Gasteiger partial charge in [0.05, 0.1) is 6.26 Å². The van der Waals surface area contributed by atoms with E-state index in [4.69, 9.17) is 4.42 Å². The minimum atomic E-state index is -0.0864. The summed E-state index contributed by atoms with van der Waals surface area (Å²) >= 11 is 0. The maximum absolute atomic E-state index is 11.8. The minimum Gasteiger partial charge on any atom is -0.464 e. The van der Waals surface area contributed by atoms with Crippen molar-refractivity contribution in [1.29, 1.82) is 0 Å². The molecule has 0 fully saturated rings. The third-order valence-corrected chi connectivity index (χ3v) is 3.48. The van der Waals surface area contributed by atoms with E-state index in [1.165, 1.54) is 0 Å². The highest BCUT2D eigenvalue weighted by Crippen LogP contribution is 2.20. The zero-order valence-corrected chi connectivity index (χ0v) is 12.2. The molecule has 0 atom stereocenters. The summed E-state index contributed by atoms with van der Waals surface area (Å²) in [7, 11) is 0. The summed E-state index contributed by atoms with van der Waals surface area (Å²) in [4.78, 5) is 11.8. The first-order valence-electron chi connectivity index (χ1n) is 7.29. The Kier molecular flexibility index (Phi) is 4.35. The van der Waals surface area contributed by atoms with Crippen LogP contribution in [-0.4, -0.2) is 12.5 Å². The molecule has 0 saturated heterocycles. The van der Waals surface area contributed by atoms with Gasteiger partial charge >= 0.3 is 0 Å². The van der Waals surface area contributed by atoms with Crippen LogP contribution in [0.5, 0.6) is 0 Å². The molecule has 0 unspecified atom stereocenters. The summed E-state index contributed by atoms with van der Waals surface area (Å²) in [6.45, 7) is 0.585. The first-order valence-corrected chi connectivity index (χ1v) is 7.29. The second-order valence-corrected chi connectivity index (χ2v) is 5.04. The molecule has 0 spiro atoms. The van der Waals surface area contributed by atoms with Crippen molar-refractivity contribution in [2.45, 2.75) is 6.42 Å². The first-order chi connectivity index (χ1) is 10.8. The lowest BCUT2D eigenvalue weighted by molar-refractivity contribution is -0.116. The second-order valence-electron chi connectivity index (χ2n) is 5.04. The number of rotatable bonds is 5. The molecule has 3 nitrogen and oxygen atoms in total. The van der Waals surface area contributed by atoms with E-state index >= 15 is 0 Å². The molecule has 1 heterocycles. The van der Waals surface area contributed by atoms with E-state index in [1.807, 2.05) is 60.7 Å². The molecule has 2 aromatic carbocycles. The van der Waals surface area contributed by atoms with Crippen LogP contribution in [0.25, 0.3) is 17.0 Å². The smallest absolute Gasteiger partial charge is 0.244 e. The number of carbonyl (C=O) groups excluding carboxylic acids is 1. The fourth-order valence-corrected chi connectivity index (χ4v) is 2.34. The fourth-order valence-electron chi connectivity index (χ4n) is 2.34. The highest BCUT2D eigenvalue weighted by molar-refractivity contribution is 5.91. The van der Waals surface area contributed by atoms with Gasteiger partial charge in [-0.3, -0.25) is 4.79 Å². The molecule has 0 bridgehead atoms. The van der Waals surface area contributed by atoms with E-state index in [-0.39, 0.29) is 5.91 Å². The maximum Gasteiger partial charge on any atom is 0.244 e. The van der Waals surface area contributed by atoms with Crippen molar-refractivity contribution in [3.63, 3.8) is 0 Å². The first kappa shape index (κ1) is 14.1. The van der Waals surface area contributed by atoms with Gasteiger partial charge in [-0.05, 0) is 29.7 Å². The SMILES string of the molecule is O=C(/C=C/c1ccccc1)NCCc1coc2ccccc12. The molecule has 0 aliphatic rings. The molecule has 1 amide bonds. The molecule has 3 aromatic rings. The second kappa shape index (κ2) is 6.76. The van der Waals surface area contributed by atoms with Crippen LogP contribution in [-0.2, 0) is 11.2 Å². The van der Waals surface area contributed by atoms with Crippen molar-refractivity contribution in [2.24, 2.45) is 0 Å². The van der Waals surface area contributed by atoms with Crippen molar-refractivity contribution < 1.29 is 9.21 Å². The van der Waals surface area contributed by atoms with Crippen LogP contribution in [0, 0.1) is 0 Å². The summed E-state index contributed by atoms with van der Waals surface area (Å²) in [5.74, 6) is -0.0864. The summed E-state index contributed by atoms with van der Waals surface area (Å²) in [6, 6.07) is 17.7. The maximum atomic E-state index is 11.8. The molecule has 1 aromatic heterocycles. The Morgan fingerprint density at radius 1 is 1.05 bits per heavy atom. The quantitative estimate of drug-likeness (QED) is 0.726. The number of fused-ring (bicyclic) bond motifs is 1. The van der Waals surface area contributed by atoms with Gasteiger partial charge in [0.2, 0.25) is 5.91 Å². The van der Waals surface area contributed by atoms with Gasteiger partial charge in [0, 0.05) is 18.0 Å². The molecule has 0 aliphatic carbocycles. The van der Waals surface area contributed by atoms with Crippen molar-refractivity contribution in [3.8, 4) is 0 Å². The van der Waals surface area contributed by atoms with E-state index in [1.54, 1.807) is 12.3 Å². The summed E-state index contributed by atoms with van der Waals surface area (Å²) in [5, 5.41) is 4.00. The molecule has 110 valence electrons. The average molecular weight is 291 g/mol. The van der Waals surface area contributed by atoms with Gasteiger partial charge in [-0.25, -0.2) is 0 Å².